The van der Waals surface area contributed by atoms with Gasteiger partial charge in [0.2, 0.25) is 0 Å². The number of phenolic OH excluding ortho intramolecular Hbond substituents is 1. The zero-order valence-corrected chi connectivity index (χ0v) is 18.2. The van der Waals surface area contributed by atoms with Crippen LogP contribution >= 0.6 is 11.8 Å². The minimum absolute atomic E-state index is 0.0270. The second-order valence-corrected chi connectivity index (χ2v) is 7.52. The van der Waals surface area contributed by atoms with Crippen LogP contribution in [-0.4, -0.2) is 40.8 Å². The number of nitrogens with zero attached hydrogens (tertiary/aromatic N) is 2. The van der Waals surface area contributed by atoms with E-state index in [4.69, 9.17) is 9.47 Å². The summed E-state index contributed by atoms with van der Waals surface area (Å²) in [6, 6.07) is 12.7. The van der Waals surface area contributed by atoms with Gasteiger partial charge in [-0.2, -0.15) is 0 Å². The molecule has 0 aliphatic carbocycles. The molecule has 0 spiro atoms. The van der Waals surface area contributed by atoms with Gasteiger partial charge in [0.1, 0.15) is 5.75 Å². The molecule has 7 heteroatoms. The Kier molecular flexibility index (Phi) is 7.41. The fourth-order valence-electron chi connectivity index (χ4n) is 2.98. The molecule has 1 aliphatic heterocycles. The molecule has 0 saturated carbocycles. The highest BCUT2D eigenvalue weighted by atomic mass is 32.2. The molecule has 0 radical (unpaired) electrons. The van der Waals surface area contributed by atoms with Gasteiger partial charge in [-0.1, -0.05) is 19.1 Å². The van der Waals surface area contributed by atoms with Crippen LogP contribution in [0.5, 0.6) is 17.2 Å². The van der Waals surface area contributed by atoms with E-state index in [1.165, 1.54) is 11.8 Å². The van der Waals surface area contributed by atoms with Gasteiger partial charge < -0.3 is 14.6 Å². The lowest BCUT2D eigenvalue weighted by molar-refractivity contribution is -0.122. The molecule has 1 aliphatic rings. The van der Waals surface area contributed by atoms with Crippen molar-refractivity contribution in [3.05, 3.63) is 52.9 Å². The van der Waals surface area contributed by atoms with Crippen LogP contribution in [-0.2, 0) is 4.79 Å². The van der Waals surface area contributed by atoms with E-state index in [-0.39, 0.29) is 11.7 Å². The summed E-state index contributed by atoms with van der Waals surface area (Å²) in [6.07, 6.45) is 2.50. The van der Waals surface area contributed by atoms with Crippen molar-refractivity contribution in [2.24, 2.45) is 4.99 Å². The Hall–Kier alpha value is -2.93. The summed E-state index contributed by atoms with van der Waals surface area (Å²) < 4.78 is 10.9. The Morgan fingerprint density at radius 3 is 2.47 bits per heavy atom. The van der Waals surface area contributed by atoms with Crippen molar-refractivity contribution in [3.63, 3.8) is 0 Å². The summed E-state index contributed by atoms with van der Waals surface area (Å²) in [6.45, 7) is 7.44. The van der Waals surface area contributed by atoms with Gasteiger partial charge in [-0.3, -0.25) is 9.69 Å². The third kappa shape index (κ3) is 4.97. The van der Waals surface area contributed by atoms with Crippen LogP contribution in [0, 0.1) is 0 Å². The first kappa shape index (κ1) is 21.8. The summed E-state index contributed by atoms with van der Waals surface area (Å²) in [7, 11) is 0. The Bertz CT molecular complexity index is 954. The Balaban J connectivity index is 1.91. The van der Waals surface area contributed by atoms with E-state index in [1.807, 2.05) is 45.0 Å². The predicted molar refractivity (Wildman–Crippen MR) is 122 cm³/mol. The van der Waals surface area contributed by atoms with Gasteiger partial charge in [-0.15, -0.1) is 0 Å². The van der Waals surface area contributed by atoms with E-state index < -0.39 is 0 Å². The van der Waals surface area contributed by atoms with Gasteiger partial charge >= 0.3 is 0 Å². The highest BCUT2D eigenvalue weighted by Gasteiger charge is 2.33. The van der Waals surface area contributed by atoms with Gasteiger partial charge in [-0.05, 0) is 68.4 Å². The van der Waals surface area contributed by atoms with Gasteiger partial charge in [0.05, 0.1) is 23.8 Å². The molecular formula is C23H26N2O4S. The smallest absolute Gasteiger partial charge is 0.266 e. The number of para-hydroxylation sites is 1. The third-order valence-corrected chi connectivity index (χ3v) is 5.33. The normalized spacial score (nSPS) is 16.5. The van der Waals surface area contributed by atoms with Crippen LogP contribution in [0.3, 0.4) is 0 Å². The molecule has 0 unspecified atom stereocenters. The lowest BCUT2D eigenvalue weighted by atomic mass is 10.1. The molecule has 1 amide bonds. The second kappa shape index (κ2) is 10.2. The highest BCUT2D eigenvalue weighted by Crippen LogP contribution is 2.37. The third-order valence-electron chi connectivity index (χ3n) is 4.32. The molecule has 1 fully saturated rings. The molecule has 1 heterocycles. The minimum Gasteiger partial charge on any atom is -0.504 e. The summed E-state index contributed by atoms with van der Waals surface area (Å²) in [5, 5.41) is 11.1. The van der Waals surface area contributed by atoms with Crippen LogP contribution in [0.4, 0.5) is 5.69 Å². The van der Waals surface area contributed by atoms with Crippen molar-refractivity contribution < 1.29 is 19.4 Å². The van der Waals surface area contributed by atoms with E-state index in [0.717, 1.165) is 17.9 Å². The van der Waals surface area contributed by atoms with E-state index in [1.54, 1.807) is 29.2 Å². The molecule has 3 rings (SSSR count). The number of rotatable bonds is 8. The largest absolute Gasteiger partial charge is 0.504 e. The lowest BCUT2D eigenvalue weighted by Gasteiger charge is -2.14. The SMILES string of the molecule is CCCN1C(=O)/C(=C\c2cccc(OCC)c2O)SC1=Nc1ccc(OCC)cc1. The number of phenols is 1. The molecule has 30 heavy (non-hydrogen) atoms. The number of aliphatic imine (C=N–C) groups is 1. The zero-order valence-electron chi connectivity index (χ0n) is 17.4. The number of aromatic hydroxyl groups is 1. The number of hydrogen-bond donors (Lipinski definition) is 1. The van der Waals surface area contributed by atoms with Crippen molar-refractivity contribution in [3.8, 4) is 17.2 Å². The van der Waals surface area contributed by atoms with E-state index >= 15 is 0 Å². The Morgan fingerprint density at radius 2 is 1.80 bits per heavy atom. The maximum atomic E-state index is 13.0. The topological polar surface area (TPSA) is 71.4 Å². The van der Waals surface area contributed by atoms with E-state index in [9.17, 15) is 9.90 Å². The molecule has 0 atom stereocenters. The van der Waals surface area contributed by atoms with Crippen molar-refractivity contribution >= 4 is 34.6 Å². The van der Waals surface area contributed by atoms with Gasteiger partial charge in [0.15, 0.2) is 16.7 Å². The predicted octanol–water partition coefficient (Wildman–Crippen LogP) is 5.20. The standard InChI is InChI=1S/C23H26N2O4S/c1-4-14-25-22(27)20(15-16-8-7-9-19(21(16)26)29-6-3)30-23(25)24-17-10-12-18(13-11-17)28-5-2/h7-13,15,26H,4-6,14H2,1-3H3/b20-15+,24-23?. The zero-order chi connectivity index (χ0) is 21.5. The maximum Gasteiger partial charge on any atom is 0.266 e. The molecular weight excluding hydrogens is 400 g/mol. The number of carbonyl (C=O) groups is 1. The quantitative estimate of drug-likeness (QED) is 0.587. The second-order valence-electron chi connectivity index (χ2n) is 6.52. The number of hydrogen-bond acceptors (Lipinski definition) is 6. The summed E-state index contributed by atoms with van der Waals surface area (Å²) in [4.78, 5) is 19.8. The van der Waals surface area contributed by atoms with Crippen molar-refractivity contribution in [1.29, 1.82) is 0 Å². The lowest BCUT2D eigenvalue weighted by Crippen LogP contribution is -2.29. The first-order valence-electron chi connectivity index (χ1n) is 10.0. The molecule has 0 bridgehead atoms. The first-order chi connectivity index (χ1) is 14.6. The van der Waals surface area contributed by atoms with E-state index in [2.05, 4.69) is 4.99 Å². The molecule has 158 valence electrons. The summed E-state index contributed by atoms with van der Waals surface area (Å²) in [5.74, 6) is 1.09. The number of benzene rings is 2. The fraction of sp³-hybridized carbons (Fsp3) is 0.304. The Morgan fingerprint density at radius 1 is 1.07 bits per heavy atom. The molecule has 2 aromatic rings. The van der Waals surface area contributed by atoms with Gasteiger partial charge in [0.25, 0.3) is 5.91 Å². The molecule has 1 N–H and O–H groups in total. The van der Waals surface area contributed by atoms with Crippen LogP contribution in [0.1, 0.15) is 32.8 Å². The fourth-order valence-corrected chi connectivity index (χ4v) is 3.99. The van der Waals surface area contributed by atoms with Crippen molar-refractivity contribution in [2.45, 2.75) is 27.2 Å². The first-order valence-corrected chi connectivity index (χ1v) is 10.9. The number of amides is 1. The number of ether oxygens (including phenoxy) is 2. The van der Waals surface area contributed by atoms with Crippen LogP contribution < -0.4 is 9.47 Å². The van der Waals surface area contributed by atoms with Crippen LogP contribution in [0.2, 0.25) is 0 Å². The highest BCUT2D eigenvalue weighted by molar-refractivity contribution is 8.18. The monoisotopic (exact) mass is 426 g/mol. The summed E-state index contributed by atoms with van der Waals surface area (Å²) in [5.41, 5.74) is 1.29. The van der Waals surface area contributed by atoms with Crippen molar-refractivity contribution in [1.82, 2.24) is 4.90 Å². The molecule has 6 nitrogen and oxygen atoms in total. The van der Waals surface area contributed by atoms with Crippen LogP contribution in [0.15, 0.2) is 52.4 Å². The van der Waals surface area contributed by atoms with E-state index in [0.29, 0.717) is 41.1 Å². The summed E-state index contributed by atoms with van der Waals surface area (Å²) >= 11 is 1.30. The number of carbonyl (C=O) groups excluding carboxylic acids is 1. The van der Waals surface area contributed by atoms with Crippen molar-refractivity contribution in [2.75, 3.05) is 19.8 Å². The average molecular weight is 427 g/mol. The van der Waals surface area contributed by atoms with Gasteiger partial charge in [-0.25, -0.2) is 4.99 Å². The Labute approximate surface area is 181 Å². The number of thioether (sulfide) groups is 1. The molecule has 1 saturated heterocycles. The van der Waals surface area contributed by atoms with Crippen LogP contribution in [0.25, 0.3) is 6.08 Å². The number of amidine groups is 1. The minimum atomic E-state index is -0.118. The maximum absolute atomic E-state index is 13.0. The molecule has 2 aromatic carbocycles. The average Bonchev–Trinajstić information content (AvgIpc) is 3.02. The molecule has 0 aromatic heterocycles. The van der Waals surface area contributed by atoms with Gasteiger partial charge in [0, 0.05) is 12.1 Å².